The standard InChI is InChI=1S/3C40H23N5O.3Pt/c1-4-19-41-33(10-1)26-8-7-9-30(22-26)45-37-18-15-27(34-11-2-5-20-42-34)23-32(37)31-16-13-29(24-38(31)45)40-44-36-17-14-28(25-39(36)46-40)35-12-3-6-21-43-35;1-3-13-36-29(9-1)30-18-16-27(40-44-35-12-2-4-14-39(35)46-40)24-37(30)45(36)38-23-26(15-19-31(38)34-11-6-8-22-42-34)33-20-17-28(25-43-33)32-10-5-7-21-41-32;1-2-13-39-36(12-1)44-40(46-39)28-14-17-31-32-23-27(33-10-3-5-20-41-33)16-19-37(32)45(38(31)24-28)30-9-7-8-26(22-30)35-18-15-29(25-43-35)34-11-4-6-21-42-34;;;/h1-21,23,25H;1-22,25H;1-21,23,25H;;;/q3*-2;3*+2. The Bertz CT molecular complexity index is 9210. The first-order chi connectivity index (χ1) is 68.4. The quantitative estimate of drug-likeness (QED) is 0.0874. The molecule has 672 valence electrons. The molecule has 0 spiro atoms. The van der Waals surface area contributed by atoms with E-state index in [1.165, 1.54) is 0 Å². The van der Waals surface area contributed by atoms with Crippen molar-refractivity contribution < 1.29 is 76.4 Å². The molecule has 0 saturated heterocycles. The topological polar surface area (TPSA) is 209 Å². The molecule has 27 rings (SSSR count). The molecular formula is C120H69N15O3Pt3. The third kappa shape index (κ3) is 17.2. The van der Waals surface area contributed by atoms with Gasteiger partial charge in [-0.1, -0.05) is 184 Å². The van der Waals surface area contributed by atoms with E-state index in [0.29, 0.717) is 23.3 Å². The van der Waals surface area contributed by atoms with Crippen molar-refractivity contribution in [1.29, 1.82) is 0 Å². The van der Waals surface area contributed by atoms with E-state index in [4.69, 9.17) is 43.2 Å². The van der Waals surface area contributed by atoms with Gasteiger partial charge in [0.2, 0.25) is 0 Å². The van der Waals surface area contributed by atoms with Crippen molar-refractivity contribution in [3.8, 4) is 153 Å². The average molecular weight is 2350 g/mol. The second-order valence-corrected chi connectivity index (χ2v) is 33.0. The van der Waals surface area contributed by atoms with Crippen LogP contribution in [0.2, 0.25) is 0 Å². The van der Waals surface area contributed by atoms with Gasteiger partial charge in [0.05, 0.1) is 45.0 Å². The van der Waals surface area contributed by atoms with Crippen molar-refractivity contribution in [3.05, 3.63) is 456 Å². The van der Waals surface area contributed by atoms with Gasteiger partial charge in [-0.15, -0.1) is 138 Å². The fourth-order valence-electron chi connectivity index (χ4n) is 18.0. The van der Waals surface area contributed by atoms with Crippen LogP contribution in [0.3, 0.4) is 0 Å². The maximum Gasteiger partial charge on any atom is 2.00 e. The molecule has 0 atom stereocenters. The zero-order valence-electron chi connectivity index (χ0n) is 74.2. The Kier molecular flexibility index (Phi) is 24.5. The van der Waals surface area contributed by atoms with E-state index >= 15 is 0 Å². The Labute approximate surface area is 850 Å². The van der Waals surface area contributed by atoms with E-state index in [1.54, 1.807) is 24.8 Å². The molecule has 12 aromatic carbocycles. The molecule has 0 saturated carbocycles. The third-order valence-corrected chi connectivity index (χ3v) is 24.6. The summed E-state index contributed by atoms with van der Waals surface area (Å²) in [5.74, 6) is 1.57. The van der Waals surface area contributed by atoms with Crippen molar-refractivity contribution in [3.63, 3.8) is 0 Å². The molecule has 0 aliphatic heterocycles. The molecule has 27 aromatic rings. The molecule has 15 aromatic heterocycles. The normalized spacial score (nSPS) is 11.2. The summed E-state index contributed by atoms with van der Waals surface area (Å²) < 4.78 is 25.2. The van der Waals surface area contributed by atoms with Gasteiger partial charge in [0, 0.05) is 106 Å². The largest absolute Gasteiger partial charge is 2.00 e. The number of pyridine rings is 9. The minimum absolute atomic E-state index is 0. The predicted octanol–water partition coefficient (Wildman–Crippen LogP) is 28.1. The predicted molar refractivity (Wildman–Crippen MR) is 543 cm³/mol. The number of fused-ring (bicyclic) bond motifs is 12. The van der Waals surface area contributed by atoms with Crippen molar-refractivity contribution in [1.82, 2.24) is 73.5 Å². The number of hydrogen-bond donors (Lipinski definition) is 0. The molecule has 0 bridgehead atoms. The van der Waals surface area contributed by atoms with Gasteiger partial charge in [-0.25, -0.2) is 0 Å². The summed E-state index contributed by atoms with van der Waals surface area (Å²) in [6.45, 7) is 0. The van der Waals surface area contributed by atoms with Crippen molar-refractivity contribution >= 4 is 98.7 Å². The SMILES string of the molecule is [Pt+2].[Pt+2].[Pt+2].[c-]1c(-c2ccc(-c3ccccn3)cn2)ccc(-c2ccccn2)c1-n1c2[c-]c(-c3nc4ccccc4o3)ccc2c2ccccc21.[c-]1c(-c2ccc(-c3ccccn3)cn2)cccc1-n1c2[c-]c(-c3nc4ccccc4o3)ccc2c2cc(-c3ccccn3)ccc21.[c-]1c(-c2ccccn2)cccc1-n1c2[c-]c(-c3nc4ccc(-c5ccccn5)cc4o3)ccc2c2cc(-c3ccccn3)ccc21. The van der Waals surface area contributed by atoms with Crippen LogP contribution >= 0.6 is 0 Å². The van der Waals surface area contributed by atoms with Crippen LogP contribution in [0.25, 0.3) is 251 Å². The number of rotatable bonds is 15. The summed E-state index contributed by atoms with van der Waals surface area (Å²) in [6.07, 6.45) is 16.3. The Balaban J connectivity index is 0.000000120. The second kappa shape index (κ2) is 38.8. The maximum absolute atomic E-state index is 6.33. The summed E-state index contributed by atoms with van der Waals surface area (Å²) in [6, 6.07) is 143. The van der Waals surface area contributed by atoms with Crippen molar-refractivity contribution in [2.75, 3.05) is 0 Å². The van der Waals surface area contributed by atoms with Crippen LogP contribution in [0, 0.1) is 36.4 Å². The fourth-order valence-corrected chi connectivity index (χ4v) is 18.0. The first-order valence-corrected chi connectivity index (χ1v) is 44.9. The summed E-state index contributed by atoms with van der Waals surface area (Å²) >= 11 is 0. The number of benzene rings is 12. The van der Waals surface area contributed by atoms with Crippen molar-refractivity contribution in [2.45, 2.75) is 0 Å². The average Bonchev–Trinajstić information content (AvgIpc) is 1.59. The summed E-state index contributed by atoms with van der Waals surface area (Å²) in [5, 5.41) is 6.48. The third-order valence-electron chi connectivity index (χ3n) is 24.6. The second-order valence-electron chi connectivity index (χ2n) is 33.0. The van der Waals surface area contributed by atoms with Gasteiger partial charge in [0.1, 0.15) is 34.4 Å². The Morgan fingerprint density at radius 3 is 0.993 bits per heavy atom. The van der Waals surface area contributed by atoms with Gasteiger partial charge >= 0.3 is 63.2 Å². The van der Waals surface area contributed by atoms with Gasteiger partial charge < -0.3 is 41.9 Å². The van der Waals surface area contributed by atoms with Crippen molar-refractivity contribution in [2.24, 2.45) is 0 Å². The number of nitrogens with zero attached hydrogens (tertiary/aromatic N) is 15. The summed E-state index contributed by atoms with van der Waals surface area (Å²) in [7, 11) is 0. The number of hydrogen-bond acceptors (Lipinski definition) is 15. The van der Waals surface area contributed by atoms with Crippen LogP contribution in [0.1, 0.15) is 0 Å². The molecule has 0 aliphatic rings. The number of para-hydroxylation sites is 5. The first-order valence-electron chi connectivity index (χ1n) is 44.9. The Morgan fingerprint density at radius 1 is 0.206 bits per heavy atom. The Hall–Kier alpha value is -17.1. The van der Waals surface area contributed by atoms with Gasteiger partial charge in [-0.05, 0) is 200 Å². The van der Waals surface area contributed by atoms with E-state index in [2.05, 4.69) is 183 Å². The molecule has 141 heavy (non-hydrogen) atoms. The van der Waals surface area contributed by atoms with Crippen LogP contribution in [-0.4, -0.2) is 73.5 Å². The molecule has 15 heterocycles. The van der Waals surface area contributed by atoms with Gasteiger partial charge in [0.25, 0.3) is 0 Å². The maximum atomic E-state index is 6.33. The molecular weight excluding hydrogens is 2280 g/mol. The molecule has 21 heteroatoms. The van der Waals surface area contributed by atoms with Gasteiger partial charge in [-0.3, -0.25) is 44.9 Å². The molecule has 0 fully saturated rings. The van der Waals surface area contributed by atoms with E-state index < -0.39 is 0 Å². The number of oxazole rings is 3. The molecule has 0 aliphatic carbocycles. The number of aromatic nitrogens is 15. The first kappa shape index (κ1) is 89.1. The van der Waals surface area contributed by atoms with Crippen LogP contribution < -0.4 is 0 Å². The minimum atomic E-state index is 0. The van der Waals surface area contributed by atoms with E-state index in [9.17, 15) is 0 Å². The van der Waals surface area contributed by atoms with E-state index in [-0.39, 0.29) is 63.2 Å². The minimum Gasteiger partial charge on any atom is -0.481 e. The zero-order chi connectivity index (χ0) is 91.4. The van der Waals surface area contributed by atoms with Crippen LogP contribution in [0.5, 0.6) is 0 Å². The van der Waals surface area contributed by atoms with Crippen LogP contribution in [-0.2, 0) is 63.2 Å². The van der Waals surface area contributed by atoms with E-state index in [0.717, 1.165) is 228 Å². The smallest absolute Gasteiger partial charge is 0.481 e. The molecule has 0 unspecified atom stereocenters. The summed E-state index contributed by atoms with van der Waals surface area (Å²) in [5.41, 5.74) is 31.8. The Morgan fingerprint density at radius 2 is 0.553 bits per heavy atom. The monoisotopic (exact) mass is 2350 g/mol. The molecule has 0 amide bonds. The molecule has 0 N–H and O–H groups in total. The zero-order valence-corrected chi connectivity index (χ0v) is 81.0. The summed E-state index contributed by atoms with van der Waals surface area (Å²) in [4.78, 5) is 55.8. The van der Waals surface area contributed by atoms with Gasteiger partial charge in [-0.2, -0.15) is 0 Å². The van der Waals surface area contributed by atoms with Gasteiger partial charge in [0.15, 0.2) is 0 Å². The fraction of sp³-hybridized carbons (Fsp3) is 0. The van der Waals surface area contributed by atoms with Crippen LogP contribution in [0.4, 0.5) is 0 Å². The van der Waals surface area contributed by atoms with E-state index in [1.807, 2.05) is 292 Å². The van der Waals surface area contributed by atoms with Crippen LogP contribution in [0.15, 0.2) is 433 Å². The molecule has 18 nitrogen and oxygen atoms in total. The molecule has 0 radical (unpaired) electrons.